The van der Waals surface area contributed by atoms with Crippen molar-refractivity contribution in [3.8, 4) is 0 Å². The zero-order chi connectivity index (χ0) is 13.4. The minimum absolute atomic E-state index is 0.0469. The van der Waals surface area contributed by atoms with Crippen molar-refractivity contribution in [2.24, 2.45) is 22.9 Å². The van der Waals surface area contributed by atoms with Gasteiger partial charge in [0.05, 0.1) is 18.6 Å². The van der Waals surface area contributed by atoms with E-state index in [1.54, 1.807) is 12.3 Å². The first-order valence-corrected chi connectivity index (χ1v) is 5.26. The monoisotopic (exact) mass is 252 g/mol. The van der Waals surface area contributed by atoms with Gasteiger partial charge in [-0.2, -0.15) is 0 Å². The van der Waals surface area contributed by atoms with E-state index in [1.165, 1.54) is 11.3 Å². The first-order valence-electron chi connectivity index (χ1n) is 5.26. The summed E-state index contributed by atoms with van der Waals surface area (Å²) in [6.07, 6.45) is 3.06. The van der Waals surface area contributed by atoms with Gasteiger partial charge in [-0.15, -0.1) is 5.17 Å². The minimum Gasteiger partial charge on any atom is -0.472 e. The van der Waals surface area contributed by atoms with E-state index in [0.717, 1.165) is 5.56 Å². The third kappa shape index (κ3) is 1.59. The molecular formula is C10H16N6O2. The van der Waals surface area contributed by atoms with Crippen molar-refractivity contribution in [1.82, 2.24) is 10.2 Å². The van der Waals surface area contributed by atoms with E-state index in [4.69, 9.17) is 27.4 Å². The number of nitrogens with two attached hydrogens (primary N) is 4. The molecule has 18 heavy (non-hydrogen) atoms. The summed E-state index contributed by atoms with van der Waals surface area (Å²) in [4.78, 5) is 0. The van der Waals surface area contributed by atoms with E-state index < -0.39 is 0 Å². The van der Waals surface area contributed by atoms with Gasteiger partial charge in [0.1, 0.15) is 17.2 Å². The SMILES string of the molecule is CC(c1ccoc1)N1C(N)=C(N)C(N)=C(N)N1O. The third-order valence-corrected chi connectivity index (χ3v) is 2.90. The average molecular weight is 252 g/mol. The second-order valence-corrected chi connectivity index (χ2v) is 3.96. The van der Waals surface area contributed by atoms with Crippen LogP contribution in [0.5, 0.6) is 0 Å². The molecule has 98 valence electrons. The number of furan rings is 1. The standard InChI is InChI=1S/C10H16N6O2/c1-5(6-2-3-18-4-6)15-9(13)7(11)8(12)10(14)16(15)17/h2-5,17H,11-14H2,1H3. The molecule has 0 saturated carbocycles. The van der Waals surface area contributed by atoms with Crippen LogP contribution in [0.15, 0.2) is 46.0 Å². The van der Waals surface area contributed by atoms with E-state index >= 15 is 0 Å². The second kappa shape index (κ2) is 4.08. The molecule has 8 heteroatoms. The van der Waals surface area contributed by atoms with E-state index in [-0.39, 0.29) is 29.1 Å². The van der Waals surface area contributed by atoms with Crippen molar-refractivity contribution in [2.45, 2.75) is 13.0 Å². The molecule has 1 atom stereocenters. The molecule has 1 aliphatic rings. The maximum Gasteiger partial charge on any atom is 0.173 e. The molecule has 0 bridgehead atoms. The van der Waals surface area contributed by atoms with Crippen LogP contribution in [-0.2, 0) is 0 Å². The summed E-state index contributed by atoms with van der Waals surface area (Å²) in [7, 11) is 0. The molecular weight excluding hydrogens is 236 g/mol. The lowest BCUT2D eigenvalue weighted by atomic mass is 10.1. The van der Waals surface area contributed by atoms with Crippen molar-refractivity contribution >= 4 is 0 Å². The molecule has 1 unspecified atom stereocenters. The maximum absolute atomic E-state index is 9.96. The Balaban J connectivity index is 2.41. The zero-order valence-electron chi connectivity index (χ0n) is 9.87. The normalized spacial score (nSPS) is 18.6. The van der Waals surface area contributed by atoms with Crippen LogP contribution in [-0.4, -0.2) is 15.4 Å². The van der Waals surface area contributed by atoms with Crippen molar-refractivity contribution in [1.29, 1.82) is 0 Å². The molecule has 1 aliphatic heterocycles. The molecule has 0 amide bonds. The number of hydrogen-bond acceptors (Lipinski definition) is 8. The van der Waals surface area contributed by atoms with Gasteiger partial charge in [0.25, 0.3) is 0 Å². The summed E-state index contributed by atoms with van der Waals surface area (Å²) in [5.41, 5.74) is 23.9. The second-order valence-electron chi connectivity index (χ2n) is 3.96. The molecule has 1 aromatic rings. The lowest BCUT2D eigenvalue weighted by Gasteiger charge is -2.40. The van der Waals surface area contributed by atoms with Crippen LogP contribution in [0, 0.1) is 0 Å². The Morgan fingerprint density at radius 3 is 2.33 bits per heavy atom. The number of nitrogens with zero attached hydrogens (tertiary/aromatic N) is 2. The van der Waals surface area contributed by atoms with Gasteiger partial charge < -0.3 is 27.4 Å². The molecule has 9 N–H and O–H groups in total. The molecule has 1 aromatic heterocycles. The van der Waals surface area contributed by atoms with Gasteiger partial charge in [-0.25, -0.2) is 5.01 Å². The fourth-order valence-corrected chi connectivity index (χ4v) is 1.75. The number of hydrogen-bond donors (Lipinski definition) is 5. The van der Waals surface area contributed by atoms with E-state index in [9.17, 15) is 5.21 Å². The maximum atomic E-state index is 9.96. The summed E-state index contributed by atoms with van der Waals surface area (Å²) in [6.45, 7) is 1.81. The fraction of sp³-hybridized carbons (Fsp3) is 0.200. The van der Waals surface area contributed by atoms with Gasteiger partial charge in [-0.1, -0.05) is 0 Å². The van der Waals surface area contributed by atoms with Crippen LogP contribution in [0.3, 0.4) is 0 Å². The number of rotatable bonds is 2. The van der Waals surface area contributed by atoms with E-state index in [2.05, 4.69) is 0 Å². The van der Waals surface area contributed by atoms with Gasteiger partial charge in [0.15, 0.2) is 5.82 Å². The Morgan fingerprint density at radius 2 is 1.78 bits per heavy atom. The summed E-state index contributed by atoms with van der Waals surface area (Å²) in [5, 5.41) is 12.0. The topological polar surface area (TPSA) is 144 Å². The van der Waals surface area contributed by atoms with Crippen molar-refractivity contribution < 1.29 is 9.62 Å². The minimum atomic E-state index is -0.320. The van der Waals surface area contributed by atoms with Crippen LogP contribution in [0.2, 0.25) is 0 Å². The highest BCUT2D eigenvalue weighted by Crippen LogP contribution is 2.29. The molecule has 0 aromatic carbocycles. The van der Waals surface area contributed by atoms with E-state index in [0.29, 0.717) is 5.17 Å². The Bertz CT molecular complexity index is 506. The molecule has 0 spiro atoms. The molecule has 8 nitrogen and oxygen atoms in total. The molecule has 0 fully saturated rings. The molecule has 2 heterocycles. The first kappa shape index (κ1) is 12.0. The highest BCUT2D eigenvalue weighted by Gasteiger charge is 2.31. The highest BCUT2D eigenvalue weighted by atomic mass is 16.6. The highest BCUT2D eigenvalue weighted by molar-refractivity contribution is 5.34. The Hall–Kier alpha value is -2.48. The van der Waals surface area contributed by atoms with Crippen LogP contribution < -0.4 is 22.9 Å². The molecule has 0 radical (unpaired) electrons. The van der Waals surface area contributed by atoms with Gasteiger partial charge in [-0.05, 0) is 13.0 Å². The predicted molar refractivity (Wildman–Crippen MR) is 63.4 cm³/mol. The smallest absolute Gasteiger partial charge is 0.173 e. The van der Waals surface area contributed by atoms with Gasteiger partial charge >= 0.3 is 0 Å². The summed E-state index contributed by atoms with van der Waals surface area (Å²) in [5.74, 6) is 0.0509. The van der Waals surface area contributed by atoms with Crippen LogP contribution in [0.4, 0.5) is 0 Å². The average Bonchev–Trinajstić information content (AvgIpc) is 2.88. The summed E-state index contributed by atoms with van der Waals surface area (Å²) >= 11 is 0. The van der Waals surface area contributed by atoms with Gasteiger partial charge in [-0.3, -0.25) is 5.21 Å². The Labute approximate surface area is 104 Å². The van der Waals surface area contributed by atoms with Crippen LogP contribution in [0.1, 0.15) is 18.5 Å². The first-order chi connectivity index (χ1) is 8.45. The zero-order valence-corrected chi connectivity index (χ0v) is 9.87. The molecule has 2 rings (SSSR count). The van der Waals surface area contributed by atoms with Crippen molar-refractivity contribution in [3.63, 3.8) is 0 Å². The van der Waals surface area contributed by atoms with E-state index in [1.807, 2.05) is 6.92 Å². The van der Waals surface area contributed by atoms with Crippen LogP contribution >= 0.6 is 0 Å². The molecule has 0 aliphatic carbocycles. The predicted octanol–water partition coefficient (Wildman–Crippen LogP) is -0.565. The Morgan fingerprint density at radius 1 is 1.17 bits per heavy atom. The van der Waals surface area contributed by atoms with Gasteiger partial charge in [0.2, 0.25) is 0 Å². The summed E-state index contributed by atoms with van der Waals surface area (Å²) in [6, 6.07) is 1.43. The lowest BCUT2D eigenvalue weighted by molar-refractivity contribution is -0.222. The van der Waals surface area contributed by atoms with Crippen molar-refractivity contribution in [2.75, 3.05) is 0 Å². The number of hydroxylamine groups is 1. The van der Waals surface area contributed by atoms with Crippen LogP contribution in [0.25, 0.3) is 0 Å². The van der Waals surface area contributed by atoms with Gasteiger partial charge in [0, 0.05) is 5.56 Å². The lowest BCUT2D eigenvalue weighted by Crippen LogP contribution is -2.50. The van der Waals surface area contributed by atoms with Crippen molar-refractivity contribution in [3.05, 3.63) is 47.2 Å². The molecule has 0 saturated heterocycles. The largest absolute Gasteiger partial charge is 0.472 e. The summed E-state index contributed by atoms with van der Waals surface area (Å²) < 4.78 is 4.99. The third-order valence-electron chi connectivity index (χ3n) is 2.90. The Kier molecular flexibility index (Phi) is 2.71. The number of hydrazine groups is 1. The quantitative estimate of drug-likeness (QED) is 0.471. The fourth-order valence-electron chi connectivity index (χ4n) is 1.75.